The van der Waals surface area contributed by atoms with Crippen LogP contribution in [0, 0.1) is 0 Å². The lowest BCUT2D eigenvalue weighted by molar-refractivity contribution is 0.0224. The second-order valence-corrected chi connectivity index (χ2v) is 7.23. The second kappa shape index (κ2) is 7.21. The molecule has 0 unspecified atom stereocenters. The fourth-order valence-electron chi connectivity index (χ4n) is 2.45. The number of likely N-dealkylation sites (N-methyl/N-ethyl adjacent to an activating group) is 1. The molecule has 0 radical (unpaired) electrons. The van der Waals surface area contributed by atoms with Crippen LogP contribution in [0.2, 0.25) is 0 Å². The number of benzene rings is 1. The van der Waals surface area contributed by atoms with Crippen LogP contribution in [0.15, 0.2) is 18.2 Å². The SMILES string of the molecule is CN(C)CCOc1ccc2c(c1)CCN(C(=O)OC(C)(C)C)C2. The van der Waals surface area contributed by atoms with E-state index in [1.807, 2.05) is 40.9 Å². The third kappa shape index (κ3) is 5.43. The van der Waals surface area contributed by atoms with Crippen molar-refractivity contribution in [2.24, 2.45) is 0 Å². The Morgan fingerprint density at radius 2 is 2.00 bits per heavy atom. The van der Waals surface area contributed by atoms with E-state index in [-0.39, 0.29) is 6.09 Å². The molecule has 0 aromatic heterocycles. The van der Waals surface area contributed by atoms with Gasteiger partial charge in [-0.15, -0.1) is 0 Å². The first-order valence-electron chi connectivity index (χ1n) is 8.12. The van der Waals surface area contributed by atoms with E-state index >= 15 is 0 Å². The summed E-state index contributed by atoms with van der Waals surface area (Å²) < 4.78 is 11.2. The molecule has 5 nitrogen and oxygen atoms in total. The van der Waals surface area contributed by atoms with E-state index in [1.54, 1.807) is 4.90 Å². The van der Waals surface area contributed by atoms with Crippen molar-refractivity contribution in [3.05, 3.63) is 29.3 Å². The van der Waals surface area contributed by atoms with Gasteiger partial charge in [0.25, 0.3) is 0 Å². The fourth-order valence-corrected chi connectivity index (χ4v) is 2.45. The van der Waals surface area contributed by atoms with E-state index in [1.165, 1.54) is 11.1 Å². The van der Waals surface area contributed by atoms with Crippen LogP contribution in [0.3, 0.4) is 0 Å². The zero-order chi connectivity index (χ0) is 17.0. The van der Waals surface area contributed by atoms with Gasteiger partial charge in [0.1, 0.15) is 18.0 Å². The van der Waals surface area contributed by atoms with E-state index in [9.17, 15) is 4.79 Å². The second-order valence-electron chi connectivity index (χ2n) is 7.23. The molecule has 2 rings (SSSR count). The number of carbonyl (C=O) groups is 1. The van der Waals surface area contributed by atoms with Crippen LogP contribution in [-0.4, -0.2) is 55.3 Å². The Morgan fingerprint density at radius 1 is 1.26 bits per heavy atom. The molecule has 0 bridgehead atoms. The fraction of sp³-hybridized carbons (Fsp3) is 0.611. The van der Waals surface area contributed by atoms with Gasteiger partial charge in [-0.3, -0.25) is 0 Å². The van der Waals surface area contributed by atoms with Crippen molar-refractivity contribution < 1.29 is 14.3 Å². The molecule has 0 aliphatic carbocycles. The Balaban J connectivity index is 1.96. The summed E-state index contributed by atoms with van der Waals surface area (Å²) in [6.07, 6.45) is 0.592. The first-order valence-corrected chi connectivity index (χ1v) is 8.12. The Kier molecular flexibility index (Phi) is 5.52. The lowest BCUT2D eigenvalue weighted by atomic mass is 10.00. The number of ether oxygens (including phenoxy) is 2. The monoisotopic (exact) mass is 320 g/mol. The Labute approximate surface area is 139 Å². The molecule has 0 atom stereocenters. The van der Waals surface area contributed by atoms with Gasteiger partial charge in [0.15, 0.2) is 0 Å². The van der Waals surface area contributed by atoms with Crippen molar-refractivity contribution in [1.29, 1.82) is 0 Å². The largest absolute Gasteiger partial charge is 0.492 e. The average molecular weight is 320 g/mol. The summed E-state index contributed by atoms with van der Waals surface area (Å²) in [6, 6.07) is 6.13. The first-order chi connectivity index (χ1) is 10.7. The van der Waals surface area contributed by atoms with Crippen molar-refractivity contribution in [2.75, 3.05) is 33.8 Å². The molecule has 0 spiro atoms. The molecule has 1 aromatic carbocycles. The van der Waals surface area contributed by atoms with E-state index in [0.29, 0.717) is 19.7 Å². The number of nitrogens with zero attached hydrogens (tertiary/aromatic N) is 2. The molecule has 23 heavy (non-hydrogen) atoms. The molecule has 1 aliphatic rings. The summed E-state index contributed by atoms with van der Waals surface area (Å²) in [5, 5.41) is 0. The highest BCUT2D eigenvalue weighted by molar-refractivity contribution is 5.68. The highest BCUT2D eigenvalue weighted by Crippen LogP contribution is 2.25. The molecule has 1 amide bonds. The summed E-state index contributed by atoms with van der Waals surface area (Å²) in [4.78, 5) is 16.0. The van der Waals surface area contributed by atoms with Gasteiger partial charge in [-0.1, -0.05) is 6.07 Å². The number of hydrogen-bond donors (Lipinski definition) is 0. The molecular formula is C18H28N2O3. The Morgan fingerprint density at radius 3 is 2.65 bits per heavy atom. The van der Waals surface area contributed by atoms with Crippen molar-refractivity contribution in [3.8, 4) is 5.75 Å². The van der Waals surface area contributed by atoms with Crippen LogP contribution in [0.25, 0.3) is 0 Å². The number of fused-ring (bicyclic) bond motifs is 1. The van der Waals surface area contributed by atoms with Crippen LogP contribution in [-0.2, 0) is 17.7 Å². The van der Waals surface area contributed by atoms with Gasteiger partial charge < -0.3 is 19.3 Å². The van der Waals surface area contributed by atoms with Gasteiger partial charge in [-0.05, 0) is 64.5 Å². The third-order valence-electron chi connectivity index (χ3n) is 3.65. The molecule has 128 valence electrons. The van der Waals surface area contributed by atoms with Crippen molar-refractivity contribution >= 4 is 6.09 Å². The molecule has 0 N–H and O–H groups in total. The quantitative estimate of drug-likeness (QED) is 0.855. The predicted octanol–water partition coefficient (Wildman–Crippen LogP) is 2.92. The number of rotatable bonds is 4. The smallest absolute Gasteiger partial charge is 0.410 e. The number of hydrogen-bond acceptors (Lipinski definition) is 4. The van der Waals surface area contributed by atoms with Gasteiger partial charge in [0.05, 0.1) is 0 Å². The Hall–Kier alpha value is -1.75. The van der Waals surface area contributed by atoms with Crippen LogP contribution >= 0.6 is 0 Å². The van der Waals surface area contributed by atoms with Gasteiger partial charge in [-0.2, -0.15) is 0 Å². The zero-order valence-electron chi connectivity index (χ0n) is 14.9. The minimum Gasteiger partial charge on any atom is -0.492 e. The normalized spacial score (nSPS) is 14.6. The van der Waals surface area contributed by atoms with Crippen molar-refractivity contribution in [3.63, 3.8) is 0 Å². The predicted molar refractivity (Wildman–Crippen MR) is 90.8 cm³/mol. The molecule has 0 saturated carbocycles. The molecule has 0 fully saturated rings. The van der Waals surface area contributed by atoms with Crippen molar-refractivity contribution in [2.45, 2.75) is 39.3 Å². The van der Waals surface area contributed by atoms with Crippen LogP contribution < -0.4 is 4.74 Å². The maximum Gasteiger partial charge on any atom is 0.410 e. The number of amides is 1. The summed E-state index contributed by atoms with van der Waals surface area (Å²) in [5.74, 6) is 0.899. The summed E-state index contributed by atoms with van der Waals surface area (Å²) in [5.41, 5.74) is 1.97. The van der Waals surface area contributed by atoms with Gasteiger partial charge in [0, 0.05) is 19.6 Å². The van der Waals surface area contributed by atoms with E-state index < -0.39 is 5.60 Å². The highest BCUT2D eigenvalue weighted by atomic mass is 16.6. The summed E-state index contributed by atoms with van der Waals surface area (Å²) in [6.45, 7) is 8.52. The molecule has 1 aliphatic heterocycles. The van der Waals surface area contributed by atoms with Gasteiger partial charge in [0.2, 0.25) is 0 Å². The standard InChI is InChI=1S/C18H28N2O3/c1-18(2,3)23-17(21)20-9-8-14-12-16(7-6-15(14)13-20)22-11-10-19(4)5/h6-7,12H,8-11,13H2,1-5H3. The van der Waals surface area contributed by atoms with Crippen LogP contribution in [0.1, 0.15) is 31.9 Å². The van der Waals surface area contributed by atoms with Crippen LogP contribution in [0.4, 0.5) is 4.79 Å². The summed E-state index contributed by atoms with van der Waals surface area (Å²) in [7, 11) is 4.06. The van der Waals surface area contributed by atoms with Gasteiger partial charge in [-0.25, -0.2) is 4.79 Å². The molecular weight excluding hydrogens is 292 g/mol. The highest BCUT2D eigenvalue weighted by Gasteiger charge is 2.25. The summed E-state index contributed by atoms with van der Waals surface area (Å²) >= 11 is 0. The number of carbonyl (C=O) groups excluding carboxylic acids is 1. The lowest BCUT2D eigenvalue weighted by Gasteiger charge is -2.31. The van der Waals surface area contributed by atoms with E-state index in [2.05, 4.69) is 17.0 Å². The topological polar surface area (TPSA) is 42.0 Å². The lowest BCUT2D eigenvalue weighted by Crippen LogP contribution is -2.39. The maximum absolute atomic E-state index is 12.2. The molecule has 1 aromatic rings. The van der Waals surface area contributed by atoms with Gasteiger partial charge >= 0.3 is 6.09 Å². The zero-order valence-corrected chi connectivity index (χ0v) is 14.9. The average Bonchev–Trinajstić information content (AvgIpc) is 2.44. The third-order valence-corrected chi connectivity index (χ3v) is 3.65. The van der Waals surface area contributed by atoms with E-state index in [4.69, 9.17) is 9.47 Å². The van der Waals surface area contributed by atoms with Crippen molar-refractivity contribution in [1.82, 2.24) is 9.80 Å². The molecule has 1 heterocycles. The first kappa shape index (κ1) is 17.6. The van der Waals surface area contributed by atoms with Crippen LogP contribution in [0.5, 0.6) is 5.75 Å². The molecule has 0 saturated heterocycles. The maximum atomic E-state index is 12.2. The minimum absolute atomic E-state index is 0.241. The minimum atomic E-state index is -0.457. The Bertz CT molecular complexity index is 550. The molecule has 5 heteroatoms. The van der Waals surface area contributed by atoms with E-state index in [0.717, 1.165) is 18.7 Å².